The van der Waals surface area contributed by atoms with E-state index in [1.807, 2.05) is 13.8 Å². The molecule has 5 heteroatoms. The number of hydrogen-bond donors (Lipinski definition) is 2. The van der Waals surface area contributed by atoms with Crippen LogP contribution in [-0.2, 0) is 9.59 Å². The lowest BCUT2D eigenvalue weighted by atomic mass is 10.4. The Morgan fingerprint density at radius 3 is 2.14 bits per heavy atom. The summed E-state index contributed by atoms with van der Waals surface area (Å²) in [4.78, 5) is 23.9. The molecular weight excluding hydrogens is 182 g/mol. The average molecular weight is 201 g/mol. The average Bonchev–Trinajstić information content (AvgIpc) is 2.19. The van der Waals surface area contributed by atoms with Crippen molar-refractivity contribution in [2.24, 2.45) is 0 Å². The second kappa shape index (κ2) is 7.32. The summed E-state index contributed by atoms with van der Waals surface area (Å²) in [6.45, 7) is 5.67. The van der Waals surface area contributed by atoms with Crippen LogP contribution in [0.4, 0.5) is 0 Å². The number of nitrogens with zero attached hydrogens (tertiary/aromatic N) is 1. The molecule has 0 heterocycles. The predicted molar refractivity (Wildman–Crippen MR) is 54.9 cm³/mol. The summed E-state index contributed by atoms with van der Waals surface area (Å²) in [5.41, 5.74) is 0. The fourth-order valence-corrected chi connectivity index (χ4v) is 1.06. The number of hydrogen-bond acceptors (Lipinski definition) is 3. The third kappa shape index (κ3) is 4.81. The Morgan fingerprint density at radius 1 is 1.14 bits per heavy atom. The Labute approximate surface area is 84.8 Å². The van der Waals surface area contributed by atoms with E-state index in [-0.39, 0.29) is 24.9 Å². The summed E-state index contributed by atoms with van der Waals surface area (Å²) in [7, 11) is 1.57. The number of carbonyl (C=O) groups is 2. The summed E-state index contributed by atoms with van der Waals surface area (Å²) >= 11 is 0. The third-order valence-electron chi connectivity index (χ3n) is 1.96. The largest absolute Gasteiger partial charge is 0.358 e. The number of rotatable bonds is 6. The topological polar surface area (TPSA) is 61.4 Å². The maximum atomic E-state index is 11.4. The van der Waals surface area contributed by atoms with E-state index in [1.165, 1.54) is 0 Å². The van der Waals surface area contributed by atoms with Gasteiger partial charge in [-0.1, -0.05) is 0 Å². The zero-order valence-corrected chi connectivity index (χ0v) is 9.09. The maximum absolute atomic E-state index is 11.4. The van der Waals surface area contributed by atoms with Crippen molar-refractivity contribution < 1.29 is 9.59 Å². The highest BCUT2D eigenvalue weighted by Crippen LogP contribution is 1.86. The first kappa shape index (κ1) is 12.9. The monoisotopic (exact) mass is 201 g/mol. The van der Waals surface area contributed by atoms with E-state index in [0.717, 1.165) is 0 Å². The third-order valence-corrected chi connectivity index (χ3v) is 1.96. The molecule has 14 heavy (non-hydrogen) atoms. The van der Waals surface area contributed by atoms with E-state index in [9.17, 15) is 9.59 Å². The first-order valence-corrected chi connectivity index (χ1v) is 4.84. The standard InChI is InChI=1S/C9H19N3O2/c1-4-12(5-2)9(14)7-11-6-8(13)10-3/h11H,4-7H2,1-3H3,(H,10,13). The van der Waals surface area contributed by atoms with Crippen LogP contribution in [0.15, 0.2) is 0 Å². The van der Waals surface area contributed by atoms with Gasteiger partial charge in [-0.05, 0) is 13.8 Å². The van der Waals surface area contributed by atoms with Crippen LogP contribution < -0.4 is 10.6 Å². The van der Waals surface area contributed by atoms with Gasteiger partial charge in [-0.25, -0.2) is 0 Å². The Kier molecular flexibility index (Phi) is 6.74. The summed E-state index contributed by atoms with van der Waals surface area (Å²) in [6, 6.07) is 0. The molecule has 0 saturated carbocycles. The van der Waals surface area contributed by atoms with E-state index in [2.05, 4.69) is 10.6 Å². The predicted octanol–water partition coefficient (Wildman–Crippen LogP) is -0.810. The number of nitrogens with one attached hydrogen (secondary N) is 2. The van der Waals surface area contributed by atoms with Crippen molar-refractivity contribution in [1.82, 2.24) is 15.5 Å². The van der Waals surface area contributed by atoms with Crippen LogP contribution in [-0.4, -0.2) is 49.9 Å². The van der Waals surface area contributed by atoms with Crippen molar-refractivity contribution in [2.45, 2.75) is 13.8 Å². The number of amides is 2. The molecule has 2 amide bonds. The van der Waals surface area contributed by atoms with Crippen LogP contribution in [0.3, 0.4) is 0 Å². The van der Waals surface area contributed by atoms with Crippen LogP contribution in [0.2, 0.25) is 0 Å². The van der Waals surface area contributed by atoms with E-state index in [1.54, 1.807) is 11.9 Å². The van der Waals surface area contributed by atoms with Crippen molar-refractivity contribution in [2.75, 3.05) is 33.2 Å². The van der Waals surface area contributed by atoms with Crippen LogP contribution in [0.1, 0.15) is 13.8 Å². The fraction of sp³-hybridized carbons (Fsp3) is 0.778. The van der Waals surface area contributed by atoms with Gasteiger partial charge in [-0.2, -0.15) is 0 Å². The van der Waals surface area contributed by atoms with Gasteiger partial charge < -0.3 is 10.2 Å². The first-order valence-electron chi connectivity index (χ1n) is 4.84. The second-order valence-corrected chi connectivity index (χ2v) is 2.84. The lowest BCUT2D eigenvalue weighted by molar-refractivity contribution is -0.129. The smallest absolute Gasteiger partial charge is 0.236 e. The summed E-state index contributed by atoms with van der Waals surface area (Å²) in [5.74, 6) is -0.0868. The Hall–Kier alpha value is -1.10. The lowest BCUT2D eigenvalue weighted by Gasteiger charge is -2.18. The van der Waals surface area contributed by atoms with Gasteiger partial charge in [0.25, 0.3) is 0 Å². The molecule has 0 aromatic carbocycles. The molecule has 0 aliphatic heterocycles. The Bertz CT molecular complexity index is 190. The van der Waals surface area contributed by atoms with Gasteiger partial charge in [-0.15, -0.1) is 0 Å². The molecule has 0 fully saturated rings. The molecule has 0 atom stereocenters. The van der Waals surface area contributed by atoms with Gasteiger partial charge >= 0.3 is 0 Å². The van der Waals surface area contributed by atoms with Gasteiger partial charge in [0.1, 0.15) is 0 Å². The zero-order chi connectivity index (χ0) is 11.0. The molecule has 0 spiro atoms. The molecule has 82 valence electrons. The van der Waals surface area contributed by atoms with Crippen molar-refractivity contribution in [3.8, 4) is 0 Å². The molecule has 0 aliphatic carbocycles. The maximum Gasteiger partial charge on any atom is 0.236 e. The van der Waals surface area contributed by atoms with E-state index < -0.39 is 0 Å². The van der Waals surface area contributed by atoms with Gasteiger partial charge in [0.15, 0.2) is 0 Å². The lowest BCUT2D eigenvalue weighted by Crippen LogP contribution is -2.41. The minimum Gasteiger partial charge on any atom is -0.358 e. The van der Waals surface area contributed by atoms with Crippen LogP contribution >= 0.6 is 0 Å². The van der Waals surface area contributed by atoms with E-state index >= 15 is 0 Å². The van der Waals surface area contributed by atoms with Crippen molar-refractivity contribution in [1.29, 1.82) is 0 Å². The molecule has 0 aromatic rings. The summed E-state index contributed by atoms with van der Waals surface area (Å²) in [5, 5.41) is 5.25. The van der Waals surface area contributed by atoms with E-state index in [4.69, 9.17) is 0 Å². The molecule has 2 N–H and O–H groups in total. The van der Waals surface area contributed by atoms with Crippen LogP contribution in [0.5, 0.6) is 0 Å². The highest BCUT2D eigenvalue weighted by molar-refractivity contribution is 5.80. The summed E-state index contributed by atoms with van der Waals surface area (Å²) < 4.78 is 0. The summed E-state index contributed by atoms with van der Waals surface area (Å²) in [6.07, 6.45) is 0. The number of likely N-dealkylation sites (N-methyl/N-ethyl adjacent to an activating group) is 2. The van der Waals surface area contributed by atoms with Crippen molar-refractivity contribution in [3.05, 3.63) is 0 Å². The highest BCUT2D eigenvalue weighted by Gasteiger charge is 2.08. The molecule has 0 rings (SSSR count). The molecule has 0 bridgehead atoms. The normalized spacial score (nSPS) is 9.64. The van der Waals surface area contributed by atoms with Gasteiger partial charge in [0.05, 0.1) is 13.1 Å². The highest BCUT2D eigenvalue weighted by atomic mass is 16.2. The molecule has 0 aromatic heterocycles. The molecule has 0 unspecified atom stereocenters. The zero-order valence-electron chi connectivity index (χ0n) is 9.09. The van der Waals surface area contributed by atoms with Gasteiger partial charge in [0, 0.05) is 20.1 Å². The molecule has 0 radical (unpaired) electrons. The van der Waals surface area contributed by atoms with Gasteiger partial charge in [0.2, 0.25) is 11.8 Å². The van der Waals surface area contributed by atoms with Crippen molar-refractivity contribution >= 4 is 11.8 Å². The number of carbonyl (C=O) groups excluding carboxylic acids is 2. The fourth-order valence-electron chi connectivity index (χ4n) is 1.06. The Morgan fingerprint density at radius 2 is 1.71 bits per heavy atom. The minimum absolute atomic E-state index is 0.0268. The Balaban J connectivity index is 3.67. The second-order valence-electron chi connectivity index (χ2n) is 2.84. The minimum atomic E-state index is -0.114. The van der Waals surface area contributed by atoms with Crippen molar-refractivity contribution in [3.63, 3.8) is 0 Å². The molecular formula is C9H19N3O2. The molecule has 0 aliphatic rings. The van der Waals surface area contributed by atoms with Gasteiger partial charge in [-0.3, -0.25) is 14.9 Å². The molecule has 0 saturated heterocycles. The van der Waals surface area contributed by atoms with E-state index in [0.29, 0.717) is 13.1 Å². The van der Waals surface area contributed by atoms with Crippen LogP contribution in [0.25, 0.3) is 0 Å². The SMILES string of the molecule is CCN(CC)C(=O)CNCC(=O)NC. The first-order chi connectivity index (χ1) is 6.65. The quantitative estimate of drug-likeness (QED) is 0.591. The van der Waals surface area contributed by atoms with Crippen LogP contribution in [0, 0.1) is 0 Å². The molecule has 5 nitrogen and oxygen atoms in total.